The van der Waals surface area contributed by atoms with E-state index < -0.39 is 5.97 Å². The quantitative estimate of drug-likeness (QED) is 0.528. The summed E-state index contributed by atoms with van der Waals surface area (Å²) >= 11 is 0. The second-order valence-corrected chi connectivity index (χ2v) is 5.73. The summed E-state index contributed by atoms with van der Waals surface area (Å²) in [5.41, 5.74) is 3.08. The molecule has 0 amide bonds. The number of ether oxygens (including phenoxy) is 1. The number of nitrogens with one attached hydrogen (secondary N) is 1. The summed E-state index contributed by atoms with van der Waals surface area (Å²) in [6.07, 6.45) is 3.24. The number of carbonyl (C=O) groups excluding carboxylic acids is 2. The van der Waals surface area contributed by atoms with Gasteiger partial charge in [0.25, 0.3) is 0 Å². The van der Waals surface area contributed by atoms with Gasteiger partial charge in [0.1, 0.15) is 0 Å². The maximum Gasteiger partial charge on any atom is 0.338 e. The first-order valence-corrected chi connectivity index (χ1v) is 8.19. The van der Waals surface area contributed by atoms with Gasteiger partial charge < -0.3 is 9.72 Å². The van der Waals surface area contributed by atoms with Gasteiger partial charge in [0.2, 0.25) is 5.78 Å². The van der Waals surface area contributed by atoms with Crippen LogP contribution in [0.5, 0.6) is 0 Å². The number of aromatic nitrogens is 1. The third kappa shape index (κ3) is 4.44. The van der Waals surface area contributed by atoms with E-state index in [9.17, 15) is 9.59 Å². The molecule has 0 saturated carbocycles. The van der Waals surface area contributed by atoms with E-state index in [1.807, 2.05) is 30.3 Å². The van der Waals surface area contributed by atoms with Crippen molar-refractivity contribution in [2.24, 2.45) is 0 Å². The van der Waals surface area contributed by atoms with Crippen LogP contribution in [0.4, 0.5) is 0 Å². The molecule has 0 aliphatic carbocycles. The molecule has 0 bridgehead atoms. The standard InChI is InChI=1S/C21H19NO3/c23-20(19-11-6-14-22-19)15-25-21(24)18-10-5-4-9-17(18)13-12-16-7-2-1-3-8-16/h1-11,14,22H,12-13,15H2. The van der Waals surface area contributed by atoms with Crippen LogP contribution in [0.25, 0.3) is 0 Å². The Morgan fingerprint density at radius 2 is 1.60 bits per heavy atom. The Kier molecular flexibility index (Phi) is 5.42. The largest absolute Gasteiger partial charge is 0.454 e. The molecule has 25 heavy (non-hydrogen) atoms. The van der Waals surface area contributed by atoms with E-state index in [-0.39, 0.29) is 12.4 Å². The van der Waals surface area contributed by atoms with E-state index in [4.69, 9.17) is 4.74 Å². The third-order valence-electron chi connectivity index (χ3n) is 4.00. The predicted octanol–water partition coefficient (Wildman–Crippen LogP) is 3.84. The van der Waals surface area contributed by atoms with E-state index in [1.54, 1.807) is 30.5 Å². The van der Waals surface area contributed by atoms with E-state index >= 15 is 0 Å². The number of ketones is 1. The maximum atomic E-state index is 12.4. The first-order valence-electron chi connectivity index (χ1n) is 8.19. The topological polar surface area (TPSA) is 59.2 Å². The molecule has 126 valence electrons. The number of esters is 1. The zero-order chi connectivity index (χ0) is 17.5. The van der Waals surface area contributed by atoms with E-state index in [2.05, 4.69) is 17.1 Å². The van der Waals surface area contributed by atoms with Crippen molar-refractivity contribution in [3.8, 4) is 0 Å². The Balaban J connectivity index is 1.63. The summed E-state index contributed by atoms with van der Waals surface area (Å²) in [6.45, 7) is -0.271. The summed E-state index contributed by atoms with van der Waals surface area (Å²) in [5, 5.41) is 0. The van der Waals surface area contributed by atoms with Crippen LogP contribution in [0.1, 0.15) is 32.0 Å². The molecule has 4 nitrogen and oxygen atoms in total. The average molecular weight is 333 g/mol. The normalized spacial score (nSPS) is 10.4. The number of Topliss-reactive ketones (excluding diaryl/α,β-unsaturated/α-hetero) is 1. The van der Waals surface area contributed by atoms with E-state index in [0.717, 1.165) is 18.4 Å². The number of aryl methyl sites for hydroxylation is 2. The smallest absolute Gasteiger partial charge is 0.338 e. The molecular formula is C21H19NO3. The number of hydrogen-bond donors (Lipinski definition) is 1. The maximum absolute atomic E-state index is 12.4. The van der Waals surface area contributed by atoms with Gasteiger partial charge in [-0.1, -0.05) is 48.5 Å². The molecular weight excluding hydrogens is 314 g/mol. The molecule has 4 heteroatoms. The summed E-state index contributed by atoms with van der Waals surface area (Å²) in [7, 11) is 0. The highest BCUT2D eigenvalue weighted by molar-refractivity contribution is 5.98. The molecule has 1 heterocycles. The molecule has 2 aromatic carbocycles. The minimum Gasteiger partial charge on any atom is -0.454 e. The summed E-state index contributed by atoms with van der Waals surface area (Å²) in [6, 6.07) is 20.9. The van der Waals surface area contributed by atoms with Gasteiger partial charge >= 0.3 is 5.97 Å². The van der Waals surface area contributed by atoms with Crippen molar-refractivity contribution < 1.29 is 14.3 Å². The lowest BCUT2D eigenvalue weighted by Gasteiger charge is -2.09. The van der Waals surface area contributed by atoms with Gasteiger partial charge in [-0.15, -0.1) is 0 Å². The minimum absolute atomic E-state index is 0.250. The van der Waals surface area contributed by atoms with Crippen molar-refractivity contribution in [3.05, 3.63) is 95.3 Å². The molecule has 3 aromatic rings. The molecule has 0 saturated heterocycles. The Labute approximate surface area is 146 Å². The predicted molar refractivity (Wildman–Crippen MR) is 95.7 cm³/mol. The van der Waals surface area contributed by atoms with Crippen LogP contribution in [-0.2, 0) is 17.6 Å². The van der Waals surface area contributed by atoms with Crippen molar-refractivity contribution in [2.75, 3.05) is 6.61 Å². The van der Waals surface area contributed by atoms with Gasteiger partial charge in [0.05, 0.1) is 11.3 Å². The zero-order valence-electron chi connectivity index (χ0n) is 13.8. The van der Waals surface area contributed by atoms with Crippen LogP contribution >= 0.6 is 0 Å². The molecule has 0 radical (unpaired) electrons. The monoisotopic (exact) mass is 333 g/mol. The number of hydrogen-bond acceptors (Lipinski definition) is 3. The summed E-state index contributed by atoms with van der Waals surface area (Å²) < 4.78 is 5.20. The van der Waals surface area contributed by atoms with E-state index in [0.29, 0.717) is 11.3 Å². The number of carbonyl (C=O) groups is 2. The van der Waals surface area contributed by atoms with Crippen molar-refractivity contribution in [3.63, 3.8) is 0 Å². The first-order chi connectivity index (χ1) is 12.2. The molecule has 0 spiro atoms. The van der Waals surface area contributed by atoms with Crippen LogP contribution in [0, 0.1) is 0 Å². The third-order valence-corrected chi connectivity index (χ3v) is 4.00. The van der Waals surface area contributed by atoms with Crippen molar-refractivity contribution in [2.45, 2.75) is 12.8 Å². The fourth-order valence-electron chi connectivity index (χ4n) is 2.65. The number of aromatic amines is 1. The highest BCUT2D eigenvalue weighted by Gasteiger charge is 2.15. The summed E-state index contributed by atoms with van der Waals surface area (Å²) in [4.78, 5) is 27.1. The van der Waals surface area contributed by atoms with Gasteiger partial charge in [-0.2, -0.15) is 0 Å². The number of H-pyrrole nitrogens is 1. The molecule has 0 unspecified atom stereocenters. The van der Waals surface area contributed by atoms with Gasteiger partial charge in [-0.3, -0.25) is 4.79 Å². The molecule has 0 fully saturated rings. The van der Waals surface area contributed by atoms with Gasteiger partial charge in [-0.25, -0.2) is 4.79 Å². The highest BCUT2D eigenvalue weighted by Crippen LogP contribution is 2.14. The molecule has 3 rings (SSSR count). The zero-order valence-corrected chi connectivity index (χ0v) is 13.8. The lowest BCUT2D eigenvalue weighted by Crippen LogP contribution is -2.16. The van der Waals surface area contributed by atoms with Crippen LogP contribution in [-0.4, -0.2) is 23.3 Å². The van der Waals surface area contributed by atoms with Crippen LogP contribution in [0.2, 0.25) is 0 Å². The Bertz CT molecular complexity index is 839. The number of rotatable bonds is 7. The van der Waals surface area contributed by atoms with Crippen molar-refractivity contribution in [1.82, 2.24) is 4.98 Å². The van der Waals surface area contributed by atoms with Crippen LogP contribution in [0.15, 0.2) is 72.9 Å². The summed E-state index contributed by atoms with van der Waals surface area (Å²) in [5.74, 6) is -0.719. The average Bonchev–Trinajstić information content (AvgIpc) is 3.20. The molecule has 0 aliphatic heterocycles. The van der Waals surface area contributed by atoms with Crippen molar-refractivity contribution in [1.29, 1.82) is 0 Å². The molecule has 0 atom stereocenters. The van der Waals surface area contributed by atoms with Gasteiger partial charge in [0, 0.05) is 6.20 Å². The second kappa shape index (κ2) is 8.11. The molecule has 1 aromatic heterocycles. The van der Waals surface area contributed by atoms with Crippen molar-refractivity contribution >= 4 is 11.8 Å². The fourth-order valence-corrected chi connectivity index (χ4v) is 2.65. The Morgan fingerprint density at radius 3 is 2.36 bits per heavy atom. The lowest BCUT2D eigenvalue weighted by atomic mass is 10.00. The molecule has 1 N–H and O–H groups in total. The van der Waals surface area contributed by atoms with Gasteiger partial charge in [0.15, 0.2) is 6.61 Å². The SMILES string of the molecule is O=C(COC(=O)c1ccccc1CCc1ccccc1)c1ccc[nH]1. The Hall–Kier alpha value is -3.14. The first kappa shape index (κ1) is 16.7. The Morgan fingerprint density at radius 1 is 0.840 bits per heavy atom. The van der Waals surface area contributed by atoms with Crippen LogP contribution < -0.4 is 0 Å². The van der Waals surface area contributed by atoms with Gasteiger partial charge in [-0.05, 0) is 42.2 Å². The highest BCUT2D eigenvalue weighted by atomic mass is 16.5. The lowest BCUT2D eigenvalue weighted by molar-refractivity contribution is 0.0472. The van der Waals surface area contributed by atoms with E-state index in [1.165, 1.54) is 5.56 Å². The molecule has 0 aliphatic rings. The minimum atomic E-state index is -0.469. The number of benzene rings is 2. The fraction of sp³-hybridized carbons (Fsp3) is 0.143. The van der Waals surface area contributed by atoms with Crippen LogP contribution in [0.3, 0.4) is 0 Å². The second-order valence-electron chi connectivity index (χ2n) is 5.73.